The van der Waals surface area contributed by atoms with E-state index in [1.54, 1.807) is 39.0 Å². The van der Waals surface area contributed by atoms with Gasteiger partial charge < -0.3 is 30.1 Å². The molecule has 9 nitrogen and oxygen atoms in total. The first-order valence-corrected chi connectivity index (χ1v) is 17.0. The molecule has 3 N–H and O–H groups in total. The SMILES string of the molecule is CN(C)c1ccc(-c2ccc(C[C@H](NC(=O)OC(C)(C)C)[C@@H](O)C[C@@H](Cc3ccccc3F)C(=O)N[C@@H]3CCOc4ccccc43)cc2)cn1. The molecule has 1 aliphatic heterocycles. The van der Waals surface area contributed by atoms with Gasteiger partial charge in [0.15, 0.2) is 0 Å². The molecule has 0 saturated heterocycles. The van der Waals surface area contributed by atoms with Gasteiger partial charge >= 0.3 is 6.09 Å². The number of fused-ring (bicyclic) bond motifs is 1. The van der Waals surface area contributed by atoms with Gasteiger partial charge in [0.2, 0.25) is 5.91 Å². The van der Waals surface area contributed by atoms with Gasteiger partial charge in [-0.15, -0.1) is 0 Å². The third-order valence-corrected chi connectivity index (χ3v) is 8.71. The number of anilines is 1. The van der Waals surface area contributed by atoms with Crippen molar-refractivity contribution in [3.05, 3.63) is 114 Å². The maximum absolute atomic E-state index is 14.9. The minimum Gasteiger partial charge on any atom is -0.493 e. The van der Waals surface area contributed by atoms with Crippen LogP contribution in [0.2, 0.25) is 0 Å². The van der Waals surface area contributed by atoms with Crippen molar-refractivity contribution in [2.75, 3.05) is 25.6 Å². The van der Waals surface area contributed by atoms with Crippen molar-refractivity contribution < 1.29 is 28.6 Å². The number of aliphatic hydroxyl groups is 1. The Balaban J connectivity index is 1.37. The number of para-hydroxylation sites is 1. The third-order valence-electron chi connectivity index (χ3n) is 8.71. The molecule has 5 rings (SSSR count). The summed E-state index contributed by atoms with van der Waals surface area (Å²) in [4.78, 5) is 33.4. The molecule has 3 aromatic carbocycles. The molecule has 10 heteroatoms. The van der Waals surface area contributed by atoms with Gasteiger partial charge in [-0.1, -0.05) is 60.7 Å². The van der Waals surface area contributed by atoms with Crippen molar-refractivity contribution in [1.82, 2.24) is 15.6 Å². The minimum absolute atomic E-state index is 0.0343. The number of rotatable bonds is 12. The van der Waals surface area contributed by atoms with Crippen molar-refractivity contribution in [3.8, 4) is 16.9 Å². The van der Waals surface area contributed by atoms with E-state index < -0.39 is 35.6 Å². The lowest BCUT2D eigenvalue weighted by molar-refractivity contribution is -0.127. The second-order valence-electron chi connectivity index (χ2n) is 14.0. The Morgan fingerprint density at radius 1 is 0.980 bits per heavy atom. The summed E-state index contributed by atoms with van der Waals surface area (Å²) in [5, 5.41) is 17.8. The smallest absolute Gasteiger partial charge is 0.407 e. The van der Waals surface area contributed by atoms with Crippen LogP contribution >= 0.6 is 0 Å². The van der Waals surface area contributed by atoms with Crippen LogP contribution < -0.4 is 20.3 Å². The highest BCUT2D eigenvalue weighted by molar-refractivity contribution is 5.80. The minimum atomic E-state index is -1.17. The van der Waals surface area contributed by atoms with Crippen LogP contribution in [0.15, 0.2) is 91.1 Å². The van der Waals surface area contributed by atoms with Crippen molar-refractivity contribution in [1.29, 1.82) is 0 Å². The van der Waals surface area contributed by atoms with Crippen LogP contribution in [0.5, 0.6) is 5.75 Å². The number of benzene rings is 3. The zero-order valence-corrected chi connectivity index (χ0v) is 29.4. The second kappa shape index (κ2) is 16.2. The number of alkyl carbamates (subject to hydrolysis) is 1. The predicted molar refractivity (Wildman–Crippen MR) is 193 cm³/mol. The fourth-order valence-electron chi connectivity index (χ4n) is 6.10. The number of amides is 2. The van der Waals surface area contributed by atoms with E-state index in [1.165, 1.54) is 6.07 Å². The van der Waals surface area contributed by atoms with Crippen molar-refractivity contribution in [3.63, 3.8) is 0 Å². The Hall–Kier alpha value is -4.96. The lowest BCUT2D eigenvalue weighted by Crippen LogP contribution is -2.48. The Morgan fingerprint density at radius 3 is 2.36 bits per heavy atom. The third kappa shape index (κ3) is 9.81. The van der Waals surface area contributed by atoms with Crippen molar-refractivity contribution in [2.24, 2.45) is 5.92 Å². The molecule has 4 atom stereocenters. The molecular formula is C40H47FN4O5. The molecule has 0 spiro atoms. The molecule has 50 heavy (non-hydrogen) atoms. The normalized spacial score (nSPS) is 15.9. The van der Waals surface area contributed by atoms with E-state index in [9.17, 15) is 19.1 Å². The van der Waals surface area contributed by atoms with Gasteiger partial charge in [0.05, 0.1) is 24.8 Å². The molecule has 1 aliphatic rings. The lowest BCUT2D eigenvalue weighted by Gasteiger charge is -2.31. The number of halogens is 1. The van der Waals surface area contributed by atoms with Crippen LogP contribution in [0.25, 0.3) is 11.1 Å². The van der Waals surface area contributed by atoms with Crippen LogP contribution in [0, 0.1) is 11.7 Å². The second-order valence-corrected chi connectivity index (χ2v) is 14.0. The molecule has 0 fully saturated rings. The summed E-state index contributed by atoms with van der Waals surface area (Å²) in [6.45, 7) is 5.74. The standard InChI is InChI=1S/C40H47FN4O5/c1-40(2,3)50-39(48)44-34(22-26-14-16-27(17-15-26)29-18-19-37(42-25-29)45(4)5)35(46)24-30(23-28-10-6-8-12-32(28)41)38(47)43-33-20-21-49-36-13-9-7-11-31(33)36/h6-19,25,30,33-35,46H,20-24H2,1-5H3,(H,43,47)(H,44,48)/t30-,33-,34+,35+/m1/s1. The molecule has 0 unspecified atom stereocenters. The highest BCUT2D eigenvalue weighted by atomic mass is 19.1. The summed E-state index contributed by atoms with van der Waals surface area (Å²) < 4.78 is 26.2. The number of carbonyl (C=O) groups is 2. The number of hydrogen-bond acceptors (Lipinski definition) is 7. The summed E-state index contributed by atoms with van der Waals surface area (Å²) in [5.41, 5.74) is 3.27. The zero-order chi connectivity index (χ0) is 35.8. The van der Waals surface area contributed by atoms with Crippen molar-refractivity contribution >= 4 is 17.8 Å². The molecule has 0 saturated carbocycles. The monoisotopic (exact) mass is 682 g/mol. The molecule has 0 bridgehead atoms. The van der Waals surface area contributed by atoms with Crippen molar-refractivity contribution in [2.45, 2.75) is 70.2 Å². The largest absolute Gasteiger partial charge is 0.493 e. The van der Waals surface area contributed by atoms with Crippen LogP contribution in [0.3, 0.4) is 0 Å². The fraction of sp³-hybridized carbons (Fsp3) is 0.375. The van der Waals surface area contributed by atoms with E-state index >= 15 is 0 Å². The maximum atomic E-state index is 14.9. The van der Waals surface area contributed by atoms with E-state index in [2.05, 4.69) is 15.6 Å². The van der Waals surface area contributed by atoms with Gasteiger partial charge in [0.1, 0.15) is 23.0 Å². The van der Waals surface area contributed by atoms with Crippen LogP contribution in [0.1, 0.15) is 56.3 Å². The number of nitrogens with one attached hydrogen (secondary N) is 2. The molecule has 0 radical (unpaired) electrons. The first-order chi connectivity index (χ1) is 23.9. The first-order valence-electron chi connectivity index (χ1n) is 17.0. The molecule has 2 amide bonds. The average molecular weight is 683 g/mol. The highest BCUT2D eigenvalue weighted by Crippen LogP contribution is 2.32. The Labute approximate surface area is 293 Å². The molecule has 0 aliphatic carbocycles. The number of aromatic nitrogens is 1. The Morgan fingerprint density at radius 2 is 1.68 bits per heavy atom. The van der Waals surface area contributed by atoms with E-state index in [4.69, 9.17) is 9.47 Å². The van der Waals surface area contributed by atoms with E-state index in [0.29, 0.717) is 24.3 Å². The van der Waals surface area contributed by atoms with Crippen LogP contribution in [-0.4, -0.2) is 60.5 Å². The molecule has 1 aromatic heterocycles. The van der Waals surface area contributed by atoms with Gasteiger partial charge in [-0.25, -0.2) is 14.2 Å². The maximum Gasteiger partial charge on any atom is 0.407 e. The molecule has 4 aromatic rings. The molecule has 264 valence electrons. The quantitative estimate of drug-likeness (QED) is 0.154. The number of carbonyl (C=O) groups excluding carboxylic acids is 2. The predicted octanol–water partition coefficient (Wildman–Crippen LogP) is 6.64. The van der Waals surface area contributed by atoms with E-state index in [0.717, 1.165) is 28.1 Å². The number of pyridine rings is 1. The zero-order valence-electron chi connectivity index (χ0n) is 29.4. The topological polar surface area (TPSA) is 113 Å². The number of nitrogens with zero attached hydrogens (tertiary/aromatic N) is 2. The van der Waals surface area contributed by atoms with Gasteiger partial charge in [0.25, 0.3) is 0 Å². The Bertz CT molecular complexity index is 1740. The van der Waals surface area contributed by atoms with Gasteiger partial charge in [0, 0.05) is 43.8 Å². The first kappa shape index (κ1) is 36.3. The Kier molecular flexibility index (Phi) is 11.7. The number of hydrogen-bond donors (Lipinski definition) is 3. The number of aliphatic hydroxyl groups excluding tert-OH is 1. The molecular weight excluding hydrogens is 635 g/mol. The average Bonchev–Trinajstić information content (AvgIpc) is 3.08. The van der Waals surface area contributed by atoms with Crippen LogP contribution in [-0.2, 0) is 22.4 Å². The van der Waals surface area contributed by atoms with E-state index in [1.807, 2.05) is 85.9 Å². The van der Waals surface area contributed by atoms with Gasteiger partial charge in [-0.05, 0) is 81.0 Å². The van der Waals surface area contributed by atoms with Gasteiger partial charge in [-0.2, -0.15) is 0 Å². The lowest BCUT2D eigenvalue weighted by atomic mass is 9.87. The summed E-state index contributed by atoms with van der Waals surface area (Å²) in [7, 11) is 3.87. The van der Waals surface area contributed by atoms with Crippen LogP contribution in [0.4, 0.5) is 15.0 Å². The summed E-state index contributed by atoms with van der Waals surface area (Å²) >= 11 is 0. The molecule has 2 heterocycles. The van der Waals surface area contributed by atoms with Gasteiger partial charge in [-0.3, -0.25) is 4.79 Å². The highest BCUT2D eigenvalue weighted by Gasteiger charge is 2.32. The summed E-state index contributed by atoms with van der Waals surface area (Å²) in [6, 6.07) is 24.6. The number of ether oxygens (including phenoxy) is 2. The van der Waals surface area contributed by atoms with E-state index in [-0.39, 0.29) is 31.2 Å². The fourth-order valence-corrected chi connectivity index (χ4v) is 6.10. The summed E-state index contributed by atoms with van der Waals surface area (Å²) in [5.74, 6) is 0.0219. The summed E-state index contributed by atoms with van der Waals surface area (Å²) in [6.07, 6.45) is 0.837.